The van der Waals surface area contributed by atoms with Crippen molar-refractivity contribution >= 4 is 16.7 Å². The topological polar surface area (TPSA) is 85.9 Å². The van der Waals surface area contributed by atoms with Gasteiger partial charge in [-0.3, -0.25) is 9.59 Å². The van der Waals surface area contributed by atoms with Crippen molar-refractivity contribution in [2.75, 3.05) is 6.54 Å². The van der Waals surface area contributed by atoms with Gasteiger partial charge < -0.3 is 9.47 Å². The van der Waals surface area contributed by atoms with Crippen LogP contribution in [0.2, 0.25) is 0 Å². The van der Waals surface area contributed by atoms with E-state index in [0.717, 1.165) is 11.6 Å². The Bertz CT molecular complexity index is 1130. The van der Waals surface area contributed by atoms with Crippen LogP contribution in [0.25, 0.3) is 10.8 Å². The van der Waals surface area contributed by atoms with E-state index in [-0.39, 0.29) is 17.5 Å². The van der Waals surface area contributed by atoms with Gasteiger partial charge in [0.1, 0.15) is 5.82 Å². The monoisotopic (exact) mass is 364 g/mol. The number of carbonyl (C=O) groups is 1. The predicted octanol–water partition coefficient (Wildman–Crippen LogP) is 1.62. The molecule has 1 fully saturated rings. The van der Waals surface area contributed by atoms with Crippen LogP contribution in [0.4, 0.5) is 0 Å². The van der Waals surface area contributed by atoms with Gasteiger partial charge in [0, 0.05) is 24.9 Å². The Morgan fingerprint density at radius 1 is 1.15 bits per heavy atom. The van der Waals surface area contributed by atoms with Crippen LogP contribution in [0, 0.1) is 0 Å². The Hall–Kier alpha value is -3.03. The summed E-state index contributed by atoms with van der Waals surface area (Å²) in [4.78, 5) is 27.4. The van der Waals surface area contributed by atoms with Crippen LogP contribution in [0.1, 0.15) is 53.9 Å². The minimum absolute atomic E-state index is 0.113. The number of nitrogens with zero attached hydrogens (tertiary/aromatic N) is 6. The zero-order valence-corrected chi connectivity index (χ0v) is 15.3. The van der Waals surface area contributed by atoms with Crippen LogP contribution in [-0.2, 0) is 13.6 Å². The lowest BCUT2D eigenvalue weighted by Crippen LogP contribution is -2.41. The molecule has 8 nitrogen and oxygen atoms in total. The second-order valence-corrected chi connectivity index (χ2v) is 7.48. The van der Waals surface area contributed by atoms with Crippen LogP contribution >= 0.6 is 0 Å². The number of aryl methyl sites for hydroxylation is 1. The summed E-state index contributed by atoms with van der Waals surface area (Å²) >= 11 is 0. The van der Waals surface area contributed by atoms with Gasteiger partial charge in [-0.25, -0.2) is 4.68 Å². The maximum atomic E-state index is 13.3. The largest absolute Gasteiger partial charge is 0.328 e. The molecule has 3 aromatic rings. The number of carbonyl (C=O) groups excluding carboxylic acids is 1. The van der Waals surface area contributed by atoms with Gasteiger partial charge in [-0.1, -0.05) is 18.2 Å². The van der Waals surface area contributed by atoms with E-state index >= 15 is 0 Å². The maximum Gasteiger partial charge on any atom is 0.275 e. The lowest BCUT2D eigenvalue weighted by atomic mass is 10.1. The van der Waals surface area contributed by atoms with E-state index in [9.17, 15) is 9.59 Å². The average molecular weight is 364 g/mol. The number of hydrogen-bond donors (Lipinski definition) is 0. The molecule has 1 atom stereocenters. The molecule has 0 unspecified atom stereocenters. The number of rotatable bonds is 2. The molecular formula is C19H20N6O2. The van der Waals surface area contributed by atoms with Gasteiger partial charge in [0.05, 0.1) is 18.0 Å². The highest BCUT2D eigenvalue weighted by Gasteiger charge is 2.36. The molecule has 5 rings (SSSR count). The maximum absolute atomic E-state index is 13.3. The van der Waals surface area contributed by atoms with Crippen molar-refractivity contribution in [3.8, 4) is 0 Å². The molecule has 27 heavy (non-hydrogen) atoms. The summed E-state index contributed by atoms with van der Waals surface area (Å²) < 4.78 is 3.42. The van der Waals surface area contributed by atoms with Gasteiger partial charge in [0.2, 0.25) is 0 Å². The molecule has 1 saturated carbocycles. The van der Waals surface area contributed by atoms with E-state index in [1.807, 2.05) is 6.07 Å². The van der Waals surface area contributed by atoms with Crippen LogP contribution in [0.15, 0.2) is 29.1 Å². The predicted molar refractivity (Wildman–Crippen MR) is 98.4 cm³/mol. The Balaban J connectivity index is 1.54. The van der Waals surface area contributed by atoms with E-state index in [4.69, 9.17) is 0 Å². The molecule has 138 valence electrons. The fourth-order valence-corrected chi connectivity index (χ4v) is 3.94. The van der Waals surface area contributed by atoms with E-state index in [1.54, 1.807) is 30.1 Å². The molecule has 2 aromatic heterocycles. The zero-order valence-electron chi connectivity index (χ0n) is 15.3. The summed E-state index contributed by atoms with van der Waals surface area (Å²) in [5.41, 5.74) is 0.0956. The Morgan fingerprint density at radius 3 is 2.63 bits per heavy atom. The normalized spacial score (nSPS) is 19.3. The Labute approximate surface area is 155 Å². The van der Waals surface area contributed by atoms with Gasteiger partial charge in [-0.15, -0.1) is 10.2 Å². The van der Waals surface area contributed by atoms with Crippen LogP contribution in [-0.4, -0.2) is 41.9 Å². The van der Waals surface area contributed by atoms with Crippen molar-refractivity contribution in [1.82, 2.24) is 29.4 Å². The smallest absolute Gasteiger partial charge is 0.275 e. The van der Waals surface area contributed by atoms with Crippen LogP contribution in [0.5, 0.6) is 0 Å². The Morgan fingerprint density at radius 2 is 1.89 bits per heavy atom. The first-order chi connectivity index (χ1) is 13.0. The van der Waals surface area contributed by atoms with Gasteiger partial charge in [0.25, 0.3) is 11.5 Å². The molecule has 1 aliphatic carbocycles. The SMILES string of the molecule is C[C@H]1CN(C(=O)c2nn(C)c(=O)c3ccccc23)Cc2nnc(C3CC3)n21. The fourth-order valence-electron chi connectivity index (χ4n) is 3.94. The standard InChI is InChI=1S/C19H20N6O2/c1-11-9-24(10-15-20-21-17(25(11)15)12-7-8-12)19(27)16-13-5-3-4-6-14(13)18(26)23(2)22-16/h3-6,11-12H,7-10H2,1-2H3/t11-/m0/s1. The molecular weight excluding hydrogens is 344 g/mol. The average Bonchev–Trinajstić information content (AvgIpc) is 3.43. The highest BCUT2D eigenvalue weighted by atomic mass is 16.2. The number of fused-ring (bicyclic) bond motifs is 2. The fraction of sp³-hybridized carbons (Fsp3) is 0.421. The third-order valence-electron chi connectivity index (χ3n) is 5.44. The first-order valence-corrected chi connectivity index (χ1v) is 9.23. The molecule has 0 spiro atoms. The van der Waals surface area contributed by atoms with E-state index in [1.165, 1.54) is 17.5 Å². The number of hydrogen-bond acceptors (Lipinski definition) is 5. The van der Waals surface area contributed by atoms with E-state index in [0.29, 0.717) is 35.5 Å². The lowest BCUT2D eigenvalue weighted by molar-refractivity contribution is 0.0673. The minimum atomic E-state index is -0.206. The lowest BCUT2D eigenvalue weighted by Gasteiger charge is -2.32. The van der Waals surface area contributed by atoms with Gasteiger partial charge in [-0.2, -0.15) is 5.10 Å². The number of benzene rings is 1. The van der Waals surface area contributed by atoms with Crippen LogP contribution < -0.4 is 5.56 Å². The Kier molecular flexibility index (Phi) is 3.43. The van der Waals surface area contributed by atoms with Crippen molar-refractivity contribution < 1.29 is 4.79 Å². The van der Waals surface area contributed by atoms with Crippen molar-refractivity contribution in [2.45, 2.75) is 38.3 Å². The summed E-state index contributed by atoms with van der Waals surface area (Å²) in [7, 11) is 1.57. The molecule has 0 saturated heterocycles. The molecule has 1 amide bonds. The molecule has 1 aliphatic heterocycles. The van der Waals surface area contributed by atoms with E-state index in [2.05, 4.69) is 26.8 Å². The molecule has 0 radical (unpaired) electrons. The summed E-state index contributed by atoms with van der Waals surface area (Å²) in [5, 5.41) is 14.1. The second kappa shape index (κ2) is 5.73. The summed E-state index contributed by atoms with van der Waals surface area (Å²) in [6, 6.07) is 7.23. The molecule has 2 aliphatic rings. The third kappa shape index (κ3) is 2.47. The molecule has 8 heteroatoms. The highest BCUT2D eigenvalue weighted by molar-refractivity contribution is 6.04. The summed E-state index contributed by atoms with van der Waals surface area (Å²) in [6.45, 7) is 3.06. The van der Waals surface area contributed by atoms with Gasteiger partial charge >= 0.3 is 0 Å². The first-order valence-electron chi connectivity index (χ1n) is 9.23. The first kappa shape index (κ1) is 16.2. The third-order valence-corrected chi connectivity index (χ3v) is 5.44. The molecule has 0 N–H and O–H groups in total. The quantitative estimate of drug-likeness (QED) is 0.690. The number of aromatic nitrogens is 5. The minimum Gasteiger partial charge on any atom is -0.328 e. The van der Waals surface area contributed by atoms with E-state index < -0.39 is 0 Å². The zero-order chi connectivity index (χ0) is 18.7. The molecule has 3 heterocycles. The number of amides is 1. The summed E-state index contributed by atoms with van der Waals surface area (Å²) in [6.07, 6.45) is 2.34. The van der Waals surface area contributed by atoms with Crippen molar-refractivity contribution in [1.29, 1.82) is 0 Å². The second-order valence-electron chi connectivity index (χ2n) is 7.48. The van der Waals surface area contributed by atoms with Gasteiger partial charge in [0.15, 0.2) is 11.5 Å². The highest BCUT2D eigenvalue weighted by Crippen LogP contribution is 2.41. The van der Waals surface area contributed by atoms with Crippen molar-refractivity contribution in [3.63, 3.8) is 0 Å². The van der Waals surface area contributed by atoms with Crippen LogP contribution in [0.3, 0.4) is 0 Å². The molecule has 1 aromatic carbocycles. The van der Waals surface area contributed by atoms with Crippen molar-refractivity contribution in [3.05, 3.63) is 52.0 Å². The summed E-state index contributed by atoms with van der Waals surface area (Å²) in [5.74, 6) is 2.20. The van der Waals surface area contributed by atoms with Gasteiger partial charge in [-0.05, 0) is 25.8 Å². The molecule has 0 bridgehead atoms. The van der Waals surface area contributed by atoms with Crippen molar-refractivity contribution in [2.24, 2.45) is 7.05 Å².